The summed E-state index contributed by atoms with van der Waals surface area (Å²) in [7, 11) is -9.05. The average molecular weight is 537 g/mol. The highest BCUT2D eigenvalue weighted by molar-refractivity contribution is 7.66. The highest BCUT2D eigenvalue weighted by atomic mass is 31.3. The Morgan fingerprint density at radius 2 is 0.838 bits per heavy atom. The molecule has 0 aliphatic carbocycles. The van der Waals surface area contributed by atoms with Crippen LogP contribution in [0.4, 0.5) is 0 Å². The molecule has 9 heteroatoms. The minimum atomic E-state index is -4.68. The van der Waals surface area contributed by atoms with Crippen LogP contribution in [-0.4, -0.2) is 9.33 Å². The zero-order valence-electron chi connectivity index (χ0n) is 20.2. The SMILES string of the molecule is O=P(O)(OCc1ccccc1)N(Cc1ccccc1)P(=O)(OCc1ccccc1)OCc1ccccc1. The summed E-state index contributed by atoms with van der Waals surface area (Å²) in [6.07, 6.45) is 0. The first-order chi connectivity index (χ1) is 17.9. The van der Waals surface area contributed by atoms with Crippen molar-refractivity contribution < 1.29 is 27.6 Å². The van der Waals surface area contributed by atoms with Crippen LogP contribution < -0.4 is 0 Å². The van der Waals surface area contributed by atoms with Crippen LogP contribution in [0.2, 0.25) is 0 Å². The lowest BCUT2D eigenvalue weighted by Crippen LogP contribution is -2.22. The van der Waals surface area contributed by atoms with Crippen LogP contribution in [0.3, 0.4) is 0 Å². The molecule has 7 nitrogen and oxygen atoms in total. The maximum atomic E-state index is 14.4. The van der Waals surface area contributed by atoms with Crippen LogP contribution in [0, 0.1) is 0 Å². The molecule has 1 N–H and O–H groups in total. The Morgan fingerprint density at radius 3 is 1.22 bits per heavy atom. The first-order valence-corrected chi connectivity index (χ1v) is 14.8. The Balaban J connectivity index is 1.66. The predicted octanol–water partition coefficient (Wildman–Crippen LogP) is 7.35. The maximum Gasteiger partial charge on any atom is 0.418 e. The molecule has 0 aliphatic heterocycles. The summed E-state index contributed by atoms with van der Waals surface area (Å²) in [6.45, 7) is -0.519. The first-order valence-electron chi connectivity index (χ1n) is 11.8. The molecule has 1 atom stereocenters. The third kappa shape index (κ3) is 8.06. The minimum absolute atomic E-state index is 0.0864. The van der Waals surface area contributed by atoms with Crippen LogP contribution >= 0.6 is 15.5 Å². The lowest BCUT2D eigenvalue weighted by molar-refractivity contribution is 0.143. The van der Waals surface area contributed by atoms with E-state index in [2.05, 4.69) is 0 Å². The second-order valence-corrected chi connectivity index (χ2v) is 12.2. The monoisotopic (exact) mass is 537 g/mol. The highest BCUT2D eigenvalue weighted by Crippen LogP contribution is 2.67. The zero-order valence-corrected chi connectivity index (χ0v) is 22.0. The Labute approximate surface area is 217 Å². The molecule has 4 aromatic carbocycles. The topological polar surface area (TPSA) is 85.3 Å². The molecule has 4 aromatic rings. The molecule has 0 saturated heterocycles. The molecule has 0 radical (unpaired) electrons. The lowest BCUT2D eigenvalue weighted by atomic mass is 10.2. The lowest BCUT2D eigenvalue weighted by Gasteiger charge is -2.32. The van der Waals surface area contributed by atoms with Crippen molar-refractivity contribution in [2.75, 3.05) is 0 Å². The van der Waals surface area contributed by atoms with Gasteiger partial charge in [0.1, 0.15) is 0 Å². The number of hydrogen-bond donors (Lipinski definition) is 1. The van der Waals surface area contributed by atoms with Gasteiger partial charge in [0, 0.05) is 6.54 Å². The predicted molar refractivity (Wildman–Crippen MR) is 143 cm³/mol. The molecule has 0 aromatic heterocycles. The number of nitrogens with zero attached hydrogens (tertiary/aromatic N) is 1. The molecule has 0 spiro atoms. The highest BCUT2D eigenvalue weighted by Gasteiger charge is 2.47. The number of hydrogen-bond acceptors (Lipinski definition) is 5. The summed E-state index contributed by atoms with van der Waals surface area (Å²) in [5.74, 6) is 0. The van der Waals surface area contributed by atoms with Gasteiger partial charge in [-0.25, -0.2) is 9.13 Å². The van der Waals surface area contributed by atoms with Gasteiger partial charge in [0.2, 0.25) is 0 Å². The van der Waals surface area contributed by atoms with Crippen molar-refractivity contribution in [2.45, 2.75) is 26.4 Å². The summed E-state index contributed by atoms with van der Waals surface area (Å²) in [4.78, 5) is 11.2. The Kier molecular flexibility index (Phi) is 9.62. The van der Waals surface area contributed by atoms with Crippen molar-refractivity contribution in [1.82, 2.24) is 4.44 Å². The van der Waals surface area contributed by atoms with E-state index in [-0.39, 0.29) is 26.4 Å². The molecule has 0 heterocycles. The molecule has 1 unspecified atom stereocenters. The van der Waals surface area contributed by atoms with Crippen LogP contribution in [-0.2, 0) is 49.1 Å². The Morgan fingerprint density at radius 1 is 0.514 bits per heavy atom. The standard InChI is InChI=1S/C28H29NO6P2/c30-36(31,33-22-26-15-7-2-8-16-26)29(21-25-13-5-1-6-14-25)37(32,34-23-27-17-9-3-10-18-27)35-24-28-19-11-4-12-20-28/h1-20H,21-24H2,(H,30,31). The second-order valence-electron chi connectivity index (χ2n) is 8.25. The summed E-state index contributed by atoms with van der Waals surface area (Å²) < 4.78 is 46.1. The van der Waals surface area contributed by atoms with E-state index in [1.54, 1.807) is 48.5 Å². The third-order valence-corrected chi connectivity index (χ3v) is 9.60. The molecule has 0 saturated carbocycles. The van der Waals surface area contributed by atoms with E-state index < -0.39 is 15.5 Å². The second kappa shape index (κ2) is 13.1. The molecule has 0 bridgehead atoms. The fraction of sp³-hybridized carbons (Fsp3) is 0.143. The van der Waals surface area contributed by atoms with E-state index in [0.717, 1.165) is 15.6 Å². The average Bonchev–Trinajstić information content (AvgIpc) is 2.95. The first kappa shape index (κ1) is 27.2. The maximum absolute atomic E-state index is 14.4. The molecule has 37 heavy (non-hydrogen) atoms. The quantitative estimate of drug-likeness (QED) is 0.179. The third-order valence-electron chi connectivity index (χ3n) is 5.46. The van der Waals surface area contributed by atoms with Gasteiger partial charge in [-0.05, 0) is 22.3 Å². The van der Waals surface area contributed by atoms with Crippen molar-refractivity contribution >= 4 is 15.5 Å². The smallest absolute Gasteiger partial charge is 0.312 e. The van der Waals surface area contributed by atoms with Crippen molar-refractivity contribution in [3.05, 3.63) is 144 Å². The fourth-order valence-electron chi connectivity index (χ4n) is 3.49. The van der Waals surface area contributed by atoms with E-state index in [1.165, 1.54) is 0 Å². The molecule has 192 valence electrons. The van der Waals surface area contributed by atoms with Crippen molar-refractivity contribution in [3.8, 4) is 0 Å². The normalized spacial score (nSPS) is 13.4. The van der Waals surface area contributed by atoms with E-state index in [0.29, 0.717) is 11.1 Å². The fourth-order valence-corrected chi connectivity index (χ4v) is 7.16. The van der Waals surface area contributed by atoms with Crippen LogP contribution in [0.15, 0.2) is 121 Å². The van der Waals surface area contributed by atoms with Crippen molar-refractivity contribution in [3.63, 3.8) is 0 Å². The molecule has 4 rings (SSSR count). The van der Waals surface area contributed by atoms with Gasteiger partial charge in [-0.15, -0.1) is 4.44 Å². The summed E-state index contributed by atoms with van der Waals surface area (Å²) in [5.41, 5.74) is 2.82. The van der Waals surface area contributed by atoms with Gasteiger partial charge in [-0.3, -0.25) is 13.6 Å². The summed E-state index contributed by atoms with van der Waals surface area (Å²) in [6, 6.07) is 36.2. The van der Waals surface area contributed by atoms with E-state index >= 15 is 0 Å². The molecular weight excluding hydrogens is 508 g/mol. The largest absolute Gasteiger partial charge is 0.418 e. The Hall–Kier alpha value is -2.86. The minimum Gasteiger partial charge on any atom is -0.312 e. The van der Waals surface area contributed by atoms with E-state index in [1.807, 2.05) is 72.8 Å². The van der Waals surface area contributed by atoms with Gasteiger partial charge < -0.3 is 4.89 Å². The van der Waals surface area contributed by atoms with Crippen LogP contribution in [0.5, 0.6) is 0 Å². The number of rotatable bonds is 13. The van der Waals surface area contributed by atoms with Crippen LogP contribution in [0.25, 0.3) is 0 Å². The van der Waals surface area contributed by atoms with E-state index in [4.69, 9.17) is 13.6 Å². The zero-order chi connectivity index (χ0) is 26.0. The van der Waals surface area contributed by atoms with Gasteiger partial charge in [0.25, 0.3) is 0 Å². The van der Waals surface area contributed by atoms with Crippen LogP contribution in [0.1, 0.15) is 22.3 Å². The molecule has 0 amide bonds. The van der Waals surface area contributed by atoms with Gasteiger partial charge in [0.05, 0.1) is 19.8 Å². The van der Waals surface area contributed by atoms with Gasteiger partial charge in [0.15, 0.2) is 0 Å². The van der Waals surface area contributed by atoms with Crippen molar-refractivity contribution in [1.29, 1.82) is 0 Å². The number of benzene rings is 4. The Bertz CT molecular complexity index is 1280. The van der Waals surface area contributed by atoms with Gasteiger partial charge >= 0.3 is 15.5 Å². The summed E-state index contributed by atoms with van der Waals surface area (Å²) in [5, 5.41) is 0. The van der Waals surface area contributed by atoms with Crippen molar-refractivity contribution in [2.24, 2.45) is 0 Å². The van der Waals surface area contributed by atoms with E-state index in [9.17, 15) is 14.0 Å². The van der Waals surface area contributed by atoms with Gasteiger partial charge in [-0.2, -0.15) is 0 Å². The molecule has 0 aliphatic rings. The summed E-state index contributed by atoms with van der Waals surface area (Å²) >= 11 is 0. The molecular formula is C28H29NO6P2. The molecule has 0 fully saturated rings. The van der Waals surface area contributed by atoms with Gasteiger partial charge in [-0.1, -0.05) is 121 Å².